The topological polar surface area (TPSA) is 90.3 Å². The predicted octanol–water partition coefficient (Wildman–Crippen LogP) is 0.600. The lowest BCUT2D eigenvalue weighted by atomic mass is 10.2. The molecule has 1 heterocycles. The van der Waals surface area contributed by atoms with Crippen LogP contribution in [0.25, 0.3) is 0 Å². The van der Waals surface area contributed by atoms with Gasteiger partial charge in [-0.15, -0.1) is 0 Å². The van der Waals surface area contributed by atoms with Gasteiger partial charge in [0.2, 0.25) is 15.9 Å². The highest BCUT2D eigenvalue weighted by Crippen LogP contribution is 2.09. The number of hydrogen-bond donors (Lipinski definition) is 1. The van der Waals surface area contributed by atoms with Gasteiger partial charge in [-0.1, -0.05) is 12.1 Å². The molecule has 0 bridgehead atoms. The van der Waals surface area contributed by atoms with Gasteiger partial charge in [0.25, 0.3) is 0 Å². The van der Waals surface area contributed by atoms with E-state index in [1.165, 1.54) is 0 Å². The largest absolute Gasteiger partial charge is 0.342 e. The van der Waals surface area contributed by atoms with Gasteiger partial charge in [-0.3, -0.25) is 4.79 Å². The molecule has 1 aromatic carbocycles. The lowest BCUT2D eigenvalue weighted by Gasteiger charge is -2.15. The van der Waals surface area contributed by atoms with Crippen LogP contribution in [-0.2, 0) is 20.6 Å². The van der Waals surface area contributed by atoms with Crippen molar-refractivity contribution in [3.05, 3.63) is 35.4 Å². The van der Waals surface area contributed by atoms with E-state index in [0.717, 1.165) is 12.8 Å². The third-order valence-corrected chi connectivity index (χ3v) is 4.64. The SMILES string of the molecule is N#Cc1ccc(CS(=O)(=O)NCC(=O)N2CCCC2)cc1. The molecule has 0 aliphatic carbocycles. The Morgan fingerprint density at radius 3 is 2.43 bits per heavy atom. The van der Waals surface area contributed by atoms with Crippen molar-refractivity contribution in [3.63, 3.8) is 0 Å². The standard InChI is InChI=1S/C14H17N3O3S/c15-9-12-3-5-13(6-4-12)11-21(19,20)16-10-14(18)17-7-1-2-8-17/h3-6,16H,1-2,7-8,10-11H2. The second-order valence-corrected chi connectivity index (χ2v) is 6.78. The van der Waals surface area contributed by atoms with Crippen LogP contribution < -0.4 is 4.72 Å². The van der Waals surface area contributed by atoms with Gasteiger partial charge in [0.15, 0.2) is 0 Å². The maximum Gasteiger partial charge on any atom is 0.237 e. The highest BCUT2D eigenvalue weighted by atomic mass is 32.2. The summed E-state index contributed by atoms with van der Waals surface area (Å²) >= 11 is 0. The van der Waals surface area contributed by atoms with E-state index in [0.29, 0.717) is 24.2 Å². The minimum atomic E-state index is -3.56. The molecule has 0 saturated carbocycles. The van der Waals surface area contributed by atoms with E-state index in [2.05, 4.69) is 4.72 Å². The fourth-order valence-electron chi connectivity index (χ4n) is 2.20. The van der Waals surface area contributed by atoms with Crippen molar-refractivity contribution in [2.45, 2.75) is 18.6 Å². The highest BCUT2D eigenvalue weighted by Gasteiger charge is 2.20. The number of carbonyl (C=O) groups is 1. The van der Waals surface area contributed by atoms with Crippen molar-refractivity contribution in [1.82, 2.24) is 9.62 Å². The lowest BCUT2D eigenvalue weighted by Crippen LogP contribution is -2.39. The number of nitrogens with one attached hydrogen (secondary N) is 1. The third-order valence-electron chi connectivity index (χ3n) is 3.34. The summed E-state index contributed by atoms with van der Waals surface area (Å²) in [6.07, 6.45) is 1.95. The molecule has 0 aromatic heterocycles. The quantitative estimate of drug-likeness (QED) is 0.862. The van der Waals surface area contributed by atoms with Crippen molar-refractivity contribution >= 4 is 15.9 Å². The maximum absolute atomic E-state index is 11.9. The summed E-state index contributed by atoms with van der Waals surface area (Å²) < 4.78 is 26.2. The van der Waals surface area contributed by atoms with E-state index < -0.39 is 10.0 Å². The molecule has 0 spiro atoms. The molecule has 0 atom stereocenters. The summed E-state index contributed by atoms with van der Waals surface area (Å²) in [5, 5.41) is 8.69. The Kier molecular flexibility index (Phi) is 4.94. The predicted molar refractivity (Wildman–Crippen MR) is 77.6 cm³/mol. The number of carbonyl (C=O) groups excluding carboxylic acids is 1. The molecule has 1 saturated heterocycles. The molecule has 1 fully saturated rings. The minimum absolute atomic E-state index is 0.184. The van der Waals surface area contributed by atoms with Gasteiger partial charge in [0, 0.05) is 13.1 Å². The average Bonchev–Trinajstić information content (AvgIpc) is 2.99. The summed E-state index contributed by atoms with van der Waals surface area (Å²) in [5.41, 5.74) is 1.06. The Morgan fingerprint density at radius 1 is 1.24 bits per heavy atom. The molecule has 1 aliphatic heterocycles. The maximum atomic E-state index is 11.9. The number of benzene rings is 1. The zero-order chi connectivity index (χ0) is 15.3. The van der Waals surface area contributed by atoms with Gasteiger partial charge in [0.1, 0.15) is 0 Å². The van der Waals surface area contributed by atoms with Gasteiger partial charge >= 0.3 is 0 Å². The van der Waals surface area contributed by atoms with E-state index in [9.17, 15) is 13.2 Å². The molecule has 2 rings (SSSR count). The van der Waals surface area contributed by atoms with Crippen molar-refractivity contribution < 1.29 is 13.2 Å². The zero-order valence-corrected chi connectivity index (χ0v) is 12.4. The molecule has 1 aliphatic rings. The number of sulfonamides is 1. The molecule has 1 aromatic rings. The Morgan fingerprint density at radius 2 is 1.86 bits per heavy atom. The number of nitriles is 1. The highest BCUT2D eigenvalue weighted by molar-refractivity contribution is 7.88. The number of amides is 1. The van der Waals surface area contributed by atoms with Gasteiger partial charge in [-0.2, -0.15) is 5.26 Å². The van der Waals surface area contributed by atoms with Crippen molar-refractivity contribution in [2.24, 2.45) is 0 Å². The molecule has 1 N–H and O–H groups in total. The van der Waals surface area contributed by atoms with Crippen LogP contribution in [0, 0.1) is 11.3 Å². The number of nitrogens with zero attached hydrogens (tertiary/aromatic N) is 2. The minimum Gasteiger partial charge on any atom is -0.342 e. The van der Waals surface area contributed by atoms with Gasteiger partial charge in [-0.25, -0.2) is 13.1 Å². The zero-order valence-electron chi connectivity index (χ0n) is 11.6. The van der Waals surface area contributed by atoms with Crippen molar-refractivity contribution in [2.75, 3.05) is 19.6 Å². The third kappa shape index (κ3) is 4.55. The smallest absolute Gasteiger partial charge is 0.237 e. The van der Waals surface area contributed by atoms with E-state index >= 15 is 0 Å². The van der Waals surface area contributed by atoms with Crippen LogP contribution in [0.5, 0.6) is 0 Å². The van der Waals surface area contributed by atoms with Crippen LogP contribution in [0.2, 0.25) is 0 Å². The first-order valence-electron chi connectivity index (χ1n) is 6.74. The first-order chi connectivity index (χ1) is 10.00. The first kappa shape index (κ1) is 15.5. The molecule has 0 unspecified atom stereocenters. The van der Waals surface area contributed by atoms with Crippen molar-refractivity contribution in [3.8, 4) is 6.07 Å². The van der Waals surface area contributed by atoms with Crippen LogP contribution in [0.3, 0.4) is 0 Å². The van der Waals surface area contributed by atoms with Gasteiger partial charge < -0.3 is 4.90 Å². The summed E-state index contributed by atoms with van der Waals surface area (Å²) in [5.74, 6) is -0.387. The normalized spacial score (nSPS) is 14.9. The van der Waals surface area contributed by atoms with E-state index in [-0.39, 0.29) is 18.2 Å². The molecule has 21 heavy (non-hydrogen) atoms. The van der Waals surface area contributed by atoms with E-state index in [1.54, 1.807) is 29.2 Å². The average molecular weight is 307 g/mol. The Labute approximate surface area is 124 Å². The van der Waals surface area contributed by atoms with Crippen LogP contribution in [-0.4, -0.2) is 38.9 Å². The van der Waals surface area contributed by atoms with Crippen molar-refractivity contribution in [1.29, 1.82) is 5.26 Å². The summed E-state index contributed by atoms with van der Waals surface area (Å²) in [6, 6.07) is 8.31. The summed E-state index contributed by atoms with van der Waals surface area (Å²) in [6.45, 7) is 1.21. The molecule has 1 amide bonds. The van der Waals surface area contributed by atoms with Crippen LogP contribution in [0.1, 0.15) is 24.0 Å². The summed E-state index contributed by atoms with van der Waals surface area (Å²) in [7, 11) is -3.56. The summed E-state index contributed by atoms with van der Waals surface area (Å²) in [4.78, 5) is 13.5. The molecule has 112 valence electrons. The number of rotatable bonds is 5. The molecule has 7 heteroatoms. The Hall–Kier alpha value is -1.91. The number of hydrogen-bond acceptors (Lipinski definition) is 4. The van der Waals surface area contributed by atoms with Crippen LogP contribution >= 0.6 is 0 Å². The van der Waals surface area contributed by atoms with Gasteiger partial charge in [0.05, 0.1) is 23.9 Å². The molecular formula is C14H17N3O3S. The second-order valence-electron chi connectivity index (χ2n) is 4.98. The molecular weight excluding hydrogens is 290 g/mol. The fraction of sp³-hybridized carbons (Fsp3) is 0.429. The monoisotopic (exact) mass is 307 g/mol. The Bertz CT molecular complexity index is 641. The molecule has 6 nitrogen and oxygen atoms in total. The van der Waals surface area contributed by atoms with Gasteiger partial charge in [-0.05, 0) is 30.5 Å². The first-order valence-corrected chi connectivity index (χ1v) is 8.39. The molecule has 0 radical (unpaired) electrons. The Balaban J connectivity index is 1.89. The van der Waals surface area contributed by atoms with E-state index in [1.807, 2.05) is 6.07 Å². The lowest BCUT2D eigenvalue weighted by molar-refractivity contribution is -0.128. The van der Waals surface area contributed by atoms with Crippen LogP contribution in [0.4, 0.5) is 0 Å². The van der Waals surface area contributed by atoms with Crippen LogP contribution in [0.15, 0.2) is 24.3 Å². The number of likely N-dealkylation sites (tertiary alicyclic amines) is 1. The fourth-order valence-corrected chi connectivity index (χ4v) is 3.27. The van der Waals surface area contributed by atoms with E-state index in [4.69, 9.17) is 5.26 Å². The second kappa shape index (κ2) is 6.70.